The molecule has 1 aliphatic heterocycles. The lowest BCUT2D eigenvalue weighted by Crippen LogP contribution is -2.30. The predicted octanol–water partition coefficient (Wildman–Crippen LogP) is 2.65. The monoisotopic (exact) mass is 299 g/mol. The molecule has 0 fully saturated rings. The van der Waals surface area contributed by atoms with Crippen LogP contribution in [-0.4, -0.2) is 30.1 Å². The first kappa shape index (κ1) is 14.2. The molecule has 0 aliphatic carbocycles. The van der Waals surface area contributed by atoms with Crippen LogP contribution in [0.25, 0.3) is 0 Å². The maximum Gasteiger partial charge on any atom is 0.322 e. The van der Waals surface area contributed by atoms with Gasteiger partial charge in [-0.3, -0.25) is 4.98 Å². The maximum absolute atomic E-state index is 12.4. The number of carbonyl (C=O) groups excluding carboxylic acids is 1. The Hall–Kier alpha value is -2.76. The number of fused-ring (bicyclic) bond motifs is 1. The zero-order chi connectivity index (χ0) is 15.5. The number of carbonyl (C=O) groups is 1. The number of ether oxygens (including phenoxy) is 2. The van der Waals surface area contributed by atoms with Crippen molar-refractivity contribution in [3.63, 3.8) is 0 Å². The third kappa shape index (κ3) is 2.81. The number of methoxy groups -OCH3 is 2. The molecule has 0 unspecified atom stereocenters. The Morgan fingerprint density at radius 1 is 1.18 bits per heavy atom. The van der Waals surface area contributed by atoms with Crippen molar-refractivity contribution in [2.24, 2.45) is 0 Å². The van der Waals surface area contributed by atoms with Crippen LogP contribution in [0.3, 0.4) is 0 Å². The first-order chi connectivity index (χ1) is 10.7. The van der Waals surface area contributed by atoms with Crippen LogP contribution >= 0.6 is 0 Å². The SMILES string of the molecule is COc1cc(NC(=O)N2Cc3cccnc3C2)cc(OC)c1. The number of pyridine rings is 1. The molecule has 0 spiro atoms. The third-order valence-electron chi connectivity index (χ3n) is 3.58. The molecule has 6 nitrogen and oxygen atoms in total. The summed E-state index contributed by atoms with van der Waals surface area (Å²) >= 11 is 0. The summed E-state index contributed by atoms with van der Waals surface area (Å²) < 4.78 is 10.4. The van der Waals surface area contributed by atoms with Crippen LogP contribution in [0.2, 0.25) is 0 Å². The average Bonchev–Trinajstić information content (AvgIpc) is 2.98. The van der Waals surface area contributed by atoms with Gasteiger partial charge in [-0.25, -0.2) is 4.79 Å². The van der Waals surface area contributed by atoms with E-state index in [1.54, 1.807) is 43.5 Å². The fourth-order valence-corrected chi connectivity index (χ4v) is 2.43. The highest BCUT2D eigenvalue weighted by Crippen LogP contribution is 2.27. The summed E-state index contributed by atoms with van der Waals surface area (Å²) in [6.45, 7) is 1.08. The molecule has 2 heterocycles. The van der Waals surface area contributed by atoms with Gasteiger partial charge in [-0.1, -0.05) is 6.07 Å². The number of benzene rings is 1. The fourth-order valence-electron chi connectivity index (χ4n) is 2.43. The van der Waals surface area contributed by atoms with E-state index >= 15 is 0 Å². The van der Waals surface area contributed by atoms with Gasteiger partial charge in [0.05, 0.1) is 26.5 Å². The van der Waals surface area contributed by atoms with Crippen LogP contribution in [0.5, 0.6) is 11.5 Å². The fraction of sp³-hybridized carbons (Fsp3) is 0.250. The Labute approximate surface area is 128 Å². The van der Waals surface area contributed by atoms with Gasteiger partial charge in [-0.15, -0.1) is 0 Å². The van der Waals surface area contributed by atoms with Gasteiger partial charge in [0, 0.05) is 36.6 Å². The number of urea groups is 1. The quantitative estimate of drug-likeness (QED) is 0.946. The molecule has 1 aromatic carbocycles. The molecule has 22 heavy (non-hydrogen) atoms. The molecule has 0 bridgehead atoms. The van der Waals surface area contributed by atoms with Crippen molar-refractivity contribution in [2.75, 3.05) is 19.5 Å². The van der Waals surface area contributed by atoms with E-state index in [1.165, 1.54) is 0 Å². The molecule has 1 aromatic heterocycles. The lowest BCUT2D eigenvalue weighted by atomic mass is 10.2. The summed E-state index contributed by atoms with van der Waals surface area (Å²) in [5.74, 6) is 1.25. The third-order valence-corrected chi connectivity index (χ3v) is 3.58. The molecular weight excluding hydrogens is 282 g/mol. The van der Waals surface area contributed by atoms with E-state index in [4.69, 9.17) is 9.47 Å². The number of anilines is 1. The first-order valence-electron chi connectivity index (χ1n) is 6.91. The maximum atomic E-state index is 12.4. The minimum Gasteiger partial charge on any atom is -0.497 e. The average molecular weight is 299 g/mol. The molecule has 2 amide bonds. The summed E-state index contributed by atoms with van der Waals surface area (Å²) in [4.78, 5) is 18.4. The van der Waals surface area contributed by atoms with Crippen LogP contribution in [0.4, 0.5) is 10.5 Å². The summed E-state index contributed by atoms with van der Waals surface area (Å²) in [6, 6.07) is 8.96. The van der Waals surface area contributed by atoms with E-state index in [1.807, 2.05) is 12.1 Å². The number of amides is 2. The van der Waals surface area contributed by atoms with Crippen LogP contribution in [0.15, 0.2) is 36.5 Å². The molecule has 0 saturated heterocycles. The summed E-state index contributed by atoms with van der Waals surface area (Å²) in [6.07, 6.45) is 1.74. The van der Waals surface area contributed by atoms with Gasteiger partial charge in [0.15, 0.2) is 0 Å². The van der Waals surface area contributed by atoms with Crippen molar-refractivity contribution in [1.82, 2.24) is 9.88 Å². The van der Waals surface area contributed by atoms with Crippen molar-refractivity contribution in [2.45, 2.75) is 13.1 Å². The van der Waals surface area contributed by atoms with Gasteiger partial charge in [0.2, 0.25) is 0 Å². The van der Waals surface area contributed by atoms with Crippen molar-refractivity contribution in [3.05, 3.63) is 47.8 Å². The number of hydrogen-bond donors (Lipinski definition) is 1. The van der Waals surface area contributed by atoms with Crippen molar-refractivity contribution >= 4 is 11.7 Å². The minimum absolute atomic E-state index is 0.173. The van der Waals surface area contributed by atoms with E-state index in [0.29, 0.717) is 30.3 Å². The largest absolute Gasteiger partial charge is 0.497 e. The van der Waals surface area contributed by atoms with Gasteiger partial charge in [0.25, 0.3) is 0 Å². The Morgan fingerprint density at radius 2 is 1.91 bits per heavy atom. The predicted molar refractivity (Wildman–Crippen MR) is 82.0 cm³/mol. The number of nitrogens with zero attached hydrogens (tertiary/aromatic N) is 2. The highest BCUT2D eigenvalue weighted by Gasteiger charge is 2.24. The number of hydrogen-bond acceptors (Lipinski definition) is 4. The smallest absolute Gasteiger partial charge is 0.322 e. The zero-order valence-electron chi connectivity index (χ0n) is 12.5. The molecule has 3 rings (SSSR count). The second kappa shape index (κ2) is 5.93. The molecule has 1 aliphatic rings. The van der Waals surface area contributed by atoms with Crippen LogP contribution in [0, 0.1) is 0 Å². The van der Waals surface area contributed by atoms with Crippen LogP contribution < -0.4 is 14.8 Å². The lowest BCUT2D eigenvalue weighted by molar-refractivity contribution is 0.212. The van der Waals surface area contributed by atoms with Gasteiger partial charge in [-0.05, 0) is 11.6 Å². The zero-order valence-corrected chi connectivity index (χ0v) is 12.5. The minimum atomic E-state index is -0.173. The van der Waals surface area contributed by atoms with Crippen LogP contribution in [0.1, 0.15) is 11.3 Å². The topological polar surface area (TPSA) is 63.7 Å². The van der Waals surface area contributed by atoms with Crippen molar-refractivity contribution in [3.8, 4) is 11.5 Å². The normalized spacial score (nSPS) is 12.7. The standard InChI is InChI=1S/C16H17N3O3/c1-21-13-6-12(7-14(8-13)22-2)18-16(20)19-9-11-4-3-5-17-15(11)10-19/h3-8H,9-10H2,1-2H3,(H,18,20). The highest BCUT2D eigenvalue weighted by molar-refractivity contribution is 5.90. The Kier molecular flexibility index (Phi) is 3.82. The Morgan fingerprint density at radius 3 is 2.55 bits per heavy atom. The molecule has 0 atom stereocenters. The van der Waals surface area contributed by atoms with Crippen LogP contribution in [-0.2, 0) is 13.1 Å². The van der Waals surface area contributed by atoms with Gasteiger partial charge >= 0.3 is 6.03 Å². The van der Waals surface area contributed by atoms with Crippen molar-refractivity contribution < 1.29 is 14.3 Å². The molecule has 114 valence electrons. The number of rotatable bonds is 3. The van der Waals surface area contributed by atoms with E-state index in [-0.39, 0.29) is 6.03 Å². The molecular formula is C16H17N3O3. The summed E-state index contributed by atoms with van der Waals surface area (Å²) in [7, 11) is 3.15. The van der Waals surface area contributed by atoms with Gasteiger partial charge in [0.1, 0.15) is 11.5 Å². The first-order valence-corrected chi connectivity index (χ1v) is 6.91. The molecule has 2 aromatic rings. The van der Waals surface area contributed by atoms with E-state index in [0.717, 1.165) is 11.3 Å². The molecule has 1 N–H and O–H groups in total. The second-order valence-corrected chi connectivity index (χ2v) is 5.00. The molecule has 6 heteroatoms. The van der Waals surface area contributed by atoms with Gasteiger partial charge < -0.3 is 19.7 Å². The Balaban J connectivity index is 1.73. The van der Waals surface area contributed by atoms with Gasteiger partial charge in [-0.2, -0.15) is 0 Å². The lowest BCUT2D eigenvalue weighted by Gasteiger charge is -2.17. The highest BCUT2D eigenvalue weighted by atomic mass is 16.5. The second-order valence-electron chi connectivity index (χ2n) is 5.00. The number of aromatic nitrogens is 1. The van der Waals surface area contributed by atoms with E-state index < -0.39 is 0 Å². The molecule has 0 saturated carbocycles. The summed E-state index contributed by atoms with van der Waals surface area (Å²) in [5, 5.41) is 2.87. The number of nitrogens with one attached hydrogen (secondary N) is 1. The summed E-state index contributed by atoms with van der Waals surface area (Å²) in [5.41, 5.74) is 2.66. The molecule has 0 radical (unpaired) electrons. The van der Waals surface area contributed by atoms with Crippen molar-refractivity contribution in [1.29, 1.82) is 0 Å². The van der Waals surface area contributed by atoms with E-state index in [2.05, 4.69) is 10.3 Å². The Bertz CT molecular complexity index is 656. The van der Waals surface area contributed by atoms with E-state index in [9.17, 15) is 4.79 Å².